The number of pyridine rings is 2. The average Bonchev–Trinajstić information content (AvgIpc) is 3.44. The summed E-state index contributed by atoms with van der Waals surface area (Å²) in [6, 6.07) is 20.6. The van der Waals surface area contributed by atoms with Crippen molar-refractivity contribution in [1.29, 1.82) is 0 Å². The van der Waals surface area contributed by atoms with Gasteiger partial charge in [0.1, 0.15) is 6.04 Å². The van der Waals surface area contributed by atoms with E-state index in [1.54, 1.807) is 30.7 Å². The van der Waals surface area contributed by atoms with E-state index in [1.165, 1.54) is 0 Å². The summed E-state index contributed by atoms with van der Waals surface area (Å²) in [6.07, 6.45) is 8.43. The van der Waals surface area contributed by atoms with Gasteiger partial charge in [0.05, 0.1) is 18.0 Å². The normalized spacial score (nSPS) is 18.0. The molecule has 0 aliphatic carbocycles. The zero-order chi connectivity index (χ0) is 23.7. The van der Waals surface area contributed by atoms with Crippen molar-refractivity contribution in [1.82, 2.24) is 19.9 Å². The highest BCUT2D eigenvalue weighted by atomic mass is 32.2. The molecule has 0 spiro atoms. The maximum absolute atomic E-state index is 11.6. The quantitative estimate of drug-likeness (QED) is 0.397. The fourth-order valence-corrected chi connectivity index (χ4v) is 5.12. The van der Waals surface area contributed by atoms with Crippen molar-refractivity contribution in [2.45, 2.75) is 12.1 Å². The smallest absolute Gasteiger partial charge is 0.229 e. The molecule has 3 aromatic heterocycles. The molecule has 2 N–H and O–H groups in total. The van der Waals surface area contributed by atoms with Crippen LogP contribution in [0, 0.1) is 0 Å². The highest BCUT2D eigenvalue weighted by Gasteiger charge is 2.42. The minimum absolute atomic E-state index is 0.196. The van der Waals surface area contributed by atoms with Crippen LogP contribution >= 0.6 is 12.2 Å². The maximum atomic E-state index is 11.6. The van der Waals surface area contributed by atoms with Gasteiger partial charge in [-0.05, 0) is 72.9 Å². The van der Waals surface area contributed by atoms with Gasteiger partial charge in [-0.25, -0.2) is 8.42 Å². The Hall–Kier alpha value is -3.76. The molecule has 0 bridgehead atoms. The molecule has 1 aliphatic heterocycles. The standard InChI is InChI=1S/C24H22N6O2S2/c1-34(31,32)28-17-7-9-19(10-8-17)30-23(22(27-24(30)33)20-5-2-3-13-26-20)21-6-4-16-29(21)18-11-14-25-15-12-18/h2-16,22-23,28H,1H3,(H,27,33)/t22-,23-/m1/s1. The molecule has 1 aromatic carbocycles. The lowest BCUT2D eigenvalue weighted by atomic mass is 10.0. The van der Waals surface area contributed by atoms with Crippen LogP contribution in [0.15, 0.2) is 91.5 Å². The van der Waals surface area contributed by atoms with Gasteiger partial charge in [-0.3, -0.25) is 14.7 Å². The summed E-state index contributed by atoms with van der Waals surface area (Å²) in [5, 5.41) is 4.01. The van der Waals surface area contributed by atoms with Gasteiger partial charge >= 0.3 is 0 Å². The third-order valence-electron chi connectivity index (χ3n) is 5.57. The van der Waals surface area contributed by atoms with Gasteiger partial charge in [-0.15, -0.1) is 0 Å². The second-order valence-electron chi connectivity index (χ2n) is 7.93. The summed E-state index contributed by atoms with van der Waals surface area (Å²) in [6.45, 7) is 0. The Labute approximate surface area is 203 Å². The first-order valence-electron chi connectivity index (χ1n) is 10.6. The van der Waals surface area contributed by atoms with Crippen molar-refractivity contribution in [2.24, 2.45) is 0 Å². The van der Waals surface area contributed by atoms with Crippen LogP contribution < -0.4 is 14.9 Å². The molecule has 8 nitrogen and oxygen atoms in total. The summed E-state index contributed by atoms with van der Waals surface area (Å²) in [5.74, 6) is 0. The Morgan fingerprint density at radius 3 is 2.38 bits per heavy atom. The molecule has 2 atom stereocenters. The highest BCUT2D eigenvalue weighted by Crippen LogP contribution is 2.42. The highest BCUT2D eigenvalue weighted by molar-refractivity contribution is 7.92. The van der Waals surface area contributed by atoms with Crippen LogP contribution in [0.1, 0.15) is 23.5 Å². The van der Waals surface area contributed by atoms with Crippen LogP contribution in [0.25, 0.3) is 5.69 Å². The van der Waals surface area contributed by atoms with E-state index >= 15 is 0 Å². The van der Waals surface area contributed by atoms with Crippen LogP contribution in [0.2, 0.25) is 0 Å². The van der Waals surface area contributed by atoms with E-state index in [4.69, 9.17) is 12.2 Å². The topological polar surface area (TPSA) is 92.2 Å². The number of benzene rings is 1. The Balaban J connectivity index is 1.60. The number of nitrogens with one attached hydrogen (secondary N) is 2. The van der Waals surface area contributed by atoms with Crippen LogP contribution in [-0.4, -0.2) is 34.3 Å². The second kappa shape index (κ2) is 8.88. The number of sulfonamides is 1. The third-order valence-corrected chi connectivity index (χ3v) is 6.49. The Morgan fingerprint density at radius 1 is 0.941 bits per heavy atom. The zero-order valence-electron chi connectivity index (χ0n) is 18.2. The van der Waals surface area contributed by atoms with E-state index in [0.717, 1.165) is 29.0 Å². The Morgan fingerprint density at radius 2 is 1.71 bits per heavy atom. The van der Waals surface area contributed by atoms with Gasteiger partial charge in [0.25, 0.3) is 0 Å². The molecule has 0 saturated carbocycles. The average molecular weight is 491 g/mol. The number of hydrogen-bond donors (Lipinski definition) is 2. The Kier molecular flexibility index (Phi) is 5.76. The van der Waals surface area contributed by atoms with E-state index in [1.807, 2.05) is 59.6 Å². The molecule has 34 heavy (non-hydrogen) atoms. The van der Waals surface area contributed by atoms with Crippen LogP contribution in [-0.2, 0) is 10.0 Å². The fourth-order valence-electron chi connectivity index (χ4n) is 4.21. The molecule has 0 radical (unpaired) electrons. The largest absolute Gasteiger partial charge is 0.351 e. The summed E-state index contributed by atoms with van der Waals surface area (Å²) in [7, 11) is -3.37. The van der Waals surface area contributed by atoms with Crippen molar-refractivity contribution in [2.75, 3.05) is 15.9 Å². The van der Waals surface area contributed by atoms with Crippen molar-refractivity contribution >= 4 is 38.7 Å². The molecule has 4 heterocycles. The van der Waals surface area contributed by atoms with Gasteiger partial charge in [-0.2, -0.15) is 0 Å². The lowest BCUT2D eigenvalue weighted by Crippen LogP contribution is -2.30. The van der Waals surface area contributed by atoms with E-state index < -0.39 is 10.0 Å². The number of aromatic nitrogens is 3. The summed E-state index contributed by atoms with van der Waals surface area (Å²) < 4.78 is 27.8. The third kappa shape index (κ3) is 4.37. The molecule has 0 amide bonds. The van der Waals surface area contributed by atoms with Crippen molar-refractivity contribution in [3.05, 3.63) is 103 Å². The number of anilines is 2. The molecule has 4 aromatic rings. The summed E-state index contributed by atoms with van der Waals surface area (Å²) in [5.41, 5.74) is 4.20. The molecule has 1 aliphatic rings. The van der Waals surface area contributed by atoms with Gasteiger partial charge < -0.3 is 14.8 Å². The predicted molar refractivity (Wildman–Crippen MR) is 136 cm³/mol. The van der Waals surface area contributed by atoms with Gasteiger partial charge in [0.15, 0.2) is 5.11 Å². The molecule has 10 heteroatoms. The van der Waals surface area contributed by atoms with Crippen molar-refractivity contribution < 1.29 is 8.42 Å². The molecule has 0 unspecified atom stereocenters. The molecule has 172 valence electrons. The van der Waals surface area contributed by atoms with Gasteiger partial charge in [-0.1, -0.05) is 6.07 Å². The number of thiocarbonyl (C=S) groups is 1. The van der Waals surface area contributed by atoms with Crippen LogP contribution in [0.4, 0.5) is 11.4 Å². The summed E-state index contributed by atoms with van der Waals surface area (Å²) in [4.78, 5) is 10.8. The first-order valence-corrected chi connectivity index (χ1v) is 12.9. The zero-order valence-corrected chi connectivity index (χ0v) is 19.9. The molecular weight excluding hydrogens is 468 g/mol. The number of rotatable bonds is 6. The van der Waals surface area contributed by atoms with Crippen LogP contribution in [0.5, 0.6) is 0 Å². The molecule has 1 fully saturated rings. The van der Waals surface area contributed by atoms with Crippen LogP contribution in [0.3, 0.4) is 0 Å². The second-order valence-corrected chi connectivity index (χ2v) is 10.1. The lowest BCUT2D eigenvalue weighted by Gasteiger charge is -2.29. The molecular formula is C24H22N6O2S2. The van der Waals surface area contributed by atoms with E-state index in [2.05, 4.69) is 30.6 Å². The Bertz CT molecular complexity index is 1410. The number of hydrogen-bond acceptors (Lipinski definition) is 5. The van der Waals surface area contributed by atoms with E-state index in [9.17, 15) is 8.42 Å². The fraction of sp³-hybridized carbons (Fsp3) is 0.125. The first kappa shape index (κ1) is 22.1. The van der Waals surface area contributed by atoms with Crippen molar-refractivity contribution in [3.8, 4) is 5.69 Å². The predicted octanol–water partition coefficient (Wildman–Crippen LogP) is 3.82. The van der Waals surface area contributed by atoms with Gasteiger partial charge in [0.2, 0.25) is 10.0 Å². The minimum atomic E-state index is -3.37. The van der Waals surface area contributed by atoms with E-state index in [-0.39, 0.29) is 12.1 Å². The lowest BCUT2D eigenvalue weighted by molar-refractivity contribution is 0.549. The molecule has 1 saturated heterocycles. The van der Waals surface area contributed by atoms with Crippen molar-refractivity contribution in [3.63, 3.8) is 0 Å². The summed E-state index contributed by atoms with van der Waals surface area (Å²) >= 11 is 5.79. The number of nitrogens with zero attached hydrogens (tertiary/aromatic N) is 4. The maximum Gasteiger partial charge on any atom is 0.229 e. The first-order chi connectivity index (χ1) is 16.4. The molecule has 5 rings (SSSR count). The SMILES string of the molecule is CS(=O)(=O)Nc1ccc(N2C(=S)N[C@H](c3ccccn3)[C@H]2c2cccn2-c2ccncc2)cc1. The minimum Gasteiger partial charge on any atom is -0.351 e. The van der Waals surface area contributed by atoms with Gasteiger partial charge in [0, 0.05) is 47.5 Å². The monoisotopic (exact) mass is 490 g/mol. The van der Waals surface area contributed by atoms with E-state index in [0.29, 0.717) is 10.8 Å².